The van der Waals surface area contributed by atoms with Gasteiger partial charge >= 0.3 is 0 Å². The van der Waals surface area contributed by atoms with Crippen molar-refractivity contribution in [3.05, 3.63) is 22.7 Å². The maximum absolute atomic E-state index is 11.8. The third-order valence-corrected chi connectivity index (χ3v) is 4.45. The number of anilines is 2. The van der Waals surface area contributed by atoms with Gasteiger partial charge in [0.2, 0.25) is 10.0 Å². The van der Waals surface area contributed by atoms with Gasteiger partial charge in [-0.25, -0.2) is 8.42 Å². The molecule has 1 aromatic rings. The highest BCUT2D eigenvalue weighted by Gasteiger charge is 2.34. The van der Waals surface area contributed by atoms with Crippen LogP contribution in [0.15, 0.2) is 22.7 Å². The average Bonchev–Trinajstić information content (AvgIpc) is 2.16. The van der Waals surface area contributed by atoms with Crippen molar-refractivity contribution in [1.82, 2.24) is 0 Å². The lowest BCUT2D eigenvalue weighted by molar-refractivity contribution is 0.546. The molecule has 0 aromatic heterocycles. The van der Waals surface area contributed by atoms with Gasteiger partial charge in [-0.3, -0.25) is 4.31 Å². The van der Waals surface area contributed by atoms with Crippen molar-refractivity contribution in [2.24, 2.45) is 0 Å². The molecule has 6 heteroatoms. The first-order valence-electron chi connectivity index (χ1n) is 5.25. The zero-order valence-electron chi connectivity index (χ0n) is 9.99. The molecule has 1 aromatic carbocycles. The monoisotopic (exact) mass is 318 g/mol. The summed E-state index contributed by atoms with van der Waals surface area (Å²) in [7, 11) is -3.25. The van der Waals surface area contributed by atoms with E-state index in [1.165, 1.54) is 10.6 Å². The van der Waals surface area contributed by atoms with Crippen LogP contribution in [0.4, 0.5) is 11.4 Å². The van der Waals surface area contributed by atoms with Crippen LogP contribution in [0.1, 0.15) is 13.8 Å². The number of hydrogen-bond donors (Lipinski definition) is 1. The lowest BCUT2D eigenvalue weighted by Crippen LogP contribution is -2.50. The molecule has 0 aliphatic carbocycles. The van der Waals surface area contributed by atoms with Gasteiger partial charge < -0.3 is 5.32 Å². The van der Waals surface area contributed by atoms with E-state index in [4.69, 9.17) is 0 Å². The van der Waals surface area contributed by atoms with Gasteiger partial charge in [-0.2, -0.15) is 0 Å². The number of rotatable bonds is 1. The molecule has 0 bridgehead atoms. The SMILES string of the molecule is CC1(C)CN(S(C)(=O)=O)c2cccc(Br)c2N1. The Bertz CT molecular complexity index is 555. The summed E-state index contributed by atoms with van der Waals surface area (Å²) in [5.74, 6) is 0. The summed E-state index contributed by atoms with van der Waals surface area (Å²) >= 11 is 3.44. The largest absolute Gasteiger partial charge is 0.376 e. The van der Waals surface area contributed by atoms with Crippen molar-refractivity contribution in [3.63, 3.8) is 0 Å². The molecular weight excluding hydrogens is 304 g/mol. The number of halogens is 1. The van der Waals surface area contributed by atoms with Crippen molar-refractivity contribution < 1.29 is 8.42 Å². The molecule has 94 valence electrons. The van der Waals surface area contributed by atoms with Gasteiger partial charge in [0.1, 0.15) is 0 Å². The summed E-state index contributed by atoms with van der Waals surface area (Å²) in [5, 5.41) is 3.35. The smallest absolute Gasteiger partial charge is 0.232 e. The number of para-hydroxylation sites is 1. The minimum atomic E-state index is -3.25. The fourth-order valence-electron chi connectivity index (χ4n) is 1.96. The van der Waals surface area contributed by atoms with Crippen molar-refractivity contribution >= 4 is 37.3 Å². The zero-order chi connectivity index (χ0) is 12.8. The summed E-state index contributed by atoms with van der Waals surface area (Å²) in [6.45, 7) is 4.39. The molecule has 0 saturated heterocycles. The highest BCUT2D eigenvalue weighted by atomic mass is 79.9. The number of nitrogens with zero attached hydrogens (tertiary/aromatic N) is 1. The van der Waals surface area contributed by atoms with Crippen molar-refractivity contribution in [1.29, 1.82) is 0 Å². The van der Waals surface area contributed by atoms with Crippen LogP contribution >= 0.6 is 15.9 Å². The standard InChI is InChI=1S/C11H15BrN2O2S/c1-11(2)7-14(17(3,15)16)9-6-4-5-8(12)10(9)13-11/h4-6,13H,7H2,1-3H3. The Morgan fingerprint density at radius 2 is 2.06 bits per heavy atom. The number of benzene rings is 1. The molecule has 0 unspecified atom stereocenters. The predicted molar refractivity (Wildman–Crippen MR) is 74.0 cm³/mol. The van der Waals surface area contributed by atoms with Gasteiger partial charge in [-0.15, -0.1) is 0 Å². The summed E-state index contributed by atoms with van der Waals surface area (Å²) in [4.78, 5) is 0. The number of hydrogen-bond acceptors (Lipinski definition) is 3. The van der Waals surface area contributed by atoms with E-state index in [9.17, 15) is 8.42 Å². The summed E-state index contributed by atoms with van der Waals surface area (Å²) in [6, 6.07) is 5.54. The Morgan fingerprint density at radius 3 is 2.65 bits per heavy atom. The molecular formula is C11H15BrN2O2S. The van der Waals surface area contributed by atoms with Gasteiger partial charge in [0.25, 0.3) is 0 Å². The van der Waals surface area contributed by atoms with Crippen molar-refractivity contribution in [3.8, 4) is 0 Å². The number of fused-ring (bicyclic) bond motifs is 1. The normalized spacial score (nSPS) is 18.5. The second-order valence-corrected chi connectivity index (χ2v) is 7.67. The van der Waals surface area contributed by atoms with Crippen LogP contribution in [0.5, 0.6) is 0 Å². The molecule has 0 radical (unpaired) electrons. The Morgan fingerprint density at radius 1 is 1.41 bits per heavy atom. The third-order valence-electron chi connectivity index (χ3n) is 2.66. The van der Waals surface area contributed by atoms with E-state index in [-0.39, 0.29) is 5.54 Å². The molecule has 0 fully saturated rings. The average molecular weight is 319 g/mol. The van der Waals surface area contributed by atoms with Crippen LogP contribution in [-0.2, 0) is 10.0 Å². The Balaban J connectivity index is 2.64. The van der Waals surface area contributed by atoms with E-state index < -0.39 is 10.0 Å². The highest BCUT2D eigenvalue weighted by Crippen LogP contribution is 2.40. The number of sulfonamides is 1. The summed E-state index contributed by atoms with van der Waals surface area (Å²) in [6.07, 6.45) is 1.24. The van der Waals surface area contributed by atoms with E-state index in [2.05, 4.69) is 21.2 Å². The van der Waals surface area contributed by atoms with Crippen molar-refractivity contribution in [2.45, 2.75) is 19.4 Å². The van der Waals surface area contributed by atoms with Gasteiger partial charge in [-0.1, -0.05) is 6.07 Å². The predicted octanol–water partition coefficient (Wildman–Crippen LogP) is 2.42. The lowest BCUT2D eigenvalue weighted by atomic mass is 10.0. The van der Waals surface area contributed by atoms with E-state index in [0.717, 1.165) is 10.2 Å². The summed E-state index contributed by atoms with van der Waals surface area (Å²) in [5.41, 5.74) is 1.23. The molecule has 1 aliphatic heterocycles. The first kappa shape index (κ1) is 12.7. The summed E-state index contributed by atoms with van der Waals surface area (Å²) < 4.78 is 26.0. The Hall–Kier alpha value is -0.750. The quantitative estimate of drug-likeness (QED) is 0.865. The topological polar surface area (TPSA) is 49.4 Å². The fourth-order valence-corrected chi connectivity index (χ4v) is 3.48. The van der Waals surface area contributed by atoms with E-state index in [0.29, 0.717) is 12.2 Å². The second kappa shape index (κ2) is 3.88. The van der Waals surface area contributed by atoms with Crippen LogP contribution in [0, 0.1) is 0 Å². The maximum Gasteiger partial charge on any atom is 0.232 e. The van der Waals surface area contributed by atoms with E-state index >= 15 is 0 Å². The first-order valence-corrected chi connectivity index (χ1v) is 7.89. The van der Waals surface area contributed by atoms with Crippen LogP contribution < -0.4 is 9.62 Å². The van der Waals surface area contributed by atoms with Gasteiger partial charge in [0.15, 0.2) is 0 Å². The maximum atomic E-state index is 11.8. The van der Waals surface area contributed by atoms with E-state index in [1.807, 2.05) is 32.0 Å². The molecule has 1 aliphatic rings. The molecule has 1 heterocycles. The molecule has 0 atom stereocenters. The Labute approximate surface area is 110 Å². The third kappa shape index (κ3) is 2.42. The second-order valence-electron chi connectivity index (χ2n) is 4.91. The first-order chi connectivity index (χ1) is 7.71. The number of nitrogens with one attached hydrogen (secondary N) is 1. The minimum Gasteiger partial charge on any atom is -0.376 e. The van der Waals surface area contributed by atoms with Crippen LogP contribution in [-0.4, -0.2) is 26.8 Å². The molecule has 2 rings (SSSR count). The molecule has 17 heavy (non-hydrogen) atoms. The van der Waals surface area contributed by atoms with E-state index in [1.54, 1.807) is 0 Å². The van der Waals surface area contributed by atoms with Gasteiger partial charge in [0.05, 0.1) is 29.7 Å². The Kier molecular flexibility index (Phi) is 2.90. The van der Waals surface area contributed by atoms with Crippen LogP contribution in [0.25, 0.3) is 0 Å². The molecule has 0 amide bonds. The molecule has 1 N–H and O–H groups in total. The lowest BCUT2D eigenvalue weighted by Gasteiger charge is -2.41. The van der Waals surface area contributed by atoms with Gasteiger partial charge in [-0.05, 0) is 41.9 Å². The molecule has 0 saturated carbocycles. The van der Waals surface area contributed by atoms with Crippen LogP contribution in [0.2, 0.25) is 0 Å². The van der Waals surface area contributed by atoms with Gasteiger partial charge in [0, 0.05) is 4.47 Å². The molecule has 0 spiro atoms. The highest BCUT2D eigenvalue weighted by molar-refractivity contribution is 9.10. The van der Waals surface area contributed by atoms with Crippen LogP contribution in [0.3, 0.4) is 0 Å². The molecule has 4 nitrogen and oxygen atoms in total. The van der Waals surface area contributed by atoms with Crippen molar-refractivity contribution in [2.75, 3.05) is 22.4 Å². The fraction of sp³-hybridized carbons (Fsp3) is 0.455. The minimum absolute atomic E-state index is 0.292. The zero-order valence-corrected chi connectivity index (χ0v) is 12.4.